The van der Waals surface area contributed by atoms with E-state index < -0.39 is 0 Å². The Balaban J connectivity index is 0.000000199. The first kappa shape index (κ1) is 15.5. The minimum atomic E-state index is -0.135. The van der Waals surface area contributed by atoms with Gasteiger partial charge < -0.3 is 4.74 Å². The van der Waals surface area contributed by atoms with Crippen LogP contribution in [0.2, 0.25) is 0 Å². The van der Waals surface area contributed by atoms with Crippen molar-refractivity contribution in [3.8, 4) is 0 Å². The zero-order valence-electron chi connectivity index (χ0n) is 12.4. The zero-order chi connectivity index (χ0) is 13.4. The van der Waals surface area contributed by atoms with Crippen LogP contribution >= 0.6 is 0 Å². The summed E-state index contributed by atoms with van der Waals surface area (Å²) >= 11 is 0. The smallest absolute Gasteiger partial charge is 0.302 e. The SMILES string of the molecule is CC(=O)OC1CCC(C)CC1.CC1CCCCC1. The molecule has 0 spiro atoms. The van der Waals surface area contributed by atoms with E-state index in [1.807, 2.05) is 0 Å². The number of carbonyl (C=O) groups is 1. The van der Waals surface area contributed by atoms with Crippen LogP contribution in [0.5, 0.6) is 0 Å². The highest BCUT2D eigenvalue weighted by molar-refractivity contribution is 5.66. The predicted molar refractivity (Wildman–Crippen MR) is 75.4 cm³/mol. The summed E-state index contributed by atoms with van der Waals surface area (Å²) in [6, 6.07) is 0. The highest BCUT2D eigenvalue weighted by Crippen LogP contribution is 2.25. The fraction of sp³-hybridized carbons (Fsp3) is 0.938. The van der Waals surface area contributed by atoms with Crippen LogP contribution in [0.1, 0.15) is 78.6 Å². The Morgan fingerprint density at radius 2 is 1.33 bits per heavy atom. The monoisotopic (exact) mass is 254 g/mol. The molecule has 106 valence electrons. The molecule has 0 N–H and O–H groups in total. The summed E-state index contributed by atoms with van der Waals surface area (Å²) in [7, 11) is 0. The van der Waals surface area contributed by atoms with Crippen LogP contribution in [0.4, 0.5) is 0 Å². The highest BCUT2D eigenvalue weighted by Gasteiger charge is 2.19. The fourth-order valence-electron chi connectivity index (χ4n) is 2.89. The highest BCUT2D eigenvalue weighted by atomic mass is 16.5. The quantitative estimate of drug-likeness (QED) is 0.633. The van der Waals surface area contributed by atoms with Crippen molar-refractivity contribution < 1.29 is 9.53 Å². The van der Waals surface area contributed by atoms with Crippen molar-refractivity contribution in [1.82, 2.24) is 0 Å². The zero-order valence-corrected chi connectivity index (χ0v) is 12.4. The van der Waals surface area contributed by atoms with Gasteiger partial charge in [0, 0.05) is 6.92 Å². The molecule has 0 unspecified atom stereocenters. The van der Waals surface area contributed by atoms with Gasteiger partial charge in [0.2, 0.25) is 0 Å². The lowest BCUT2D eigenvalue weighted by molar-refractivity contribution is -0.148. The fourth-order valence-corrected chi connectivity index (χ4v) is 2.89. The van der Waals surface area contributed by atoms with E-state index in [4.69, 9.17) is 4.74 Å². The third-order valence-electron chi connectivity index (χ3n) is 4.19. The summed E-state index contributed by atoms with van der Waals surface area (Å²) in [4.78, 5) is 10.6. The van der Waals surface area contributed by atoms with Crippen molar-refractivity contribution in [3.05, 3.63) is 0 Å². The van der Waals surface area contributed by atoms with Gasteiger partial charge in [0.05, 0.1) is 0 Å². The molecule has 2 fully saturated rings. The number of hydrogen-bond acceptors (Lipinski definition) is 2. The van der Waals surface area contributed by atoms with Crippen LogP contribution in [-0.4, -0.2) is 12.1 Å². The number of hydrogen-bond donors (Lipinski definition) is 0. The molecule has 0 aromatic rings. The molecule has 2 nitrogen and oxygen atoms in total. The third kappa shape index (κ3) is 7.03. The van der Waals surface area contributed by atoms with Crippen LogP contribution in [-0.2, 0) is 9.53 Å². The summed E-state index contributed by atoms with van der Waals surface area (Å²) in [5.41, 5.74) is 0. The minimum Gasteiger partial charge on any atom is -0.463 e. The molecule has 0 saturated heterocycles. The molecule has 0 bridgehead atoms. The van der Waals surface area contributed by atoms with Crippen molar-refractivity contribution >= 4 is 5.97 Å². The van der Waals surface area contributed by atoms with Crippen molar-refractivity contribution in [3.63, 3.8) is 0 Å². The molecule has 18 heavy (non-hydrogen) atoms. The topological polar surface area (TPSA) is 26.3 Å². The number of esters is 1. The Kier molecular flexibility index (Phi) is 7.38. The molecule has 2 heteroatoms. The third-order valence-corrected chi connectivity index (χ3v) is 4.19. The average molecular weight is 254 g/mol. The summed E-state index contributed by atoms with van der Waals surface area (Å²) in [6.45, 7) is 6.10. The lowest BCUT2D eigenvalue weighted by Crippen LogP contribution is -2.22. The van der Waals surface area contributed by atoms with E-state index in [9.17, 15) is 4.79 Å². The Morgan fingerprint density at radius 3 is 1.72 bits per heavy atom. The van der Waals surface area contributed by atoms with Gasteiger partial charge in [-0.3, -0.25) is 4.79 Å². The molecular formula is C16H30O2. The van der Waals surface area contributed by atoms with E-state index in [1.165, 1.54) is 51.9 Å². The maximum atomic E-state index is 10.6. The molecule has 0 radical (unpaired) electrons. The van der Waals surface area contributed by atoms with Gasteiger partial charge in [-0.15, -0.1) is 0 Å². The standard InChI is InChI=1S/C9H16O2.C7H14/c1-7-3-5-9(6-4-7)11-8(2)10;1-7-5-3-2-4-6-7/h7,9H,3-6H2,1-2H3;7H,2-6H2,1H3. The average Bonchev–Trinajstić information content (AvgIpc) is 2.33. The second-order valence-electron chi connectivity index (χ2n) is 6.23. The van der Waals surface area contributed by atoms with Gasteiger partial charge in [-0.2, -0.15) is 0 Å². The van der Waals surface area contributed by atoms with Gasteiger partial charge in [-0.1, -0.05) is 46.0 Å². The lowest BCUT2D eigenvalue weighted by Gasteiger charge is -2.25. The second kappa shape index (κ2) is 8.55. The summed E-state index contributed by atoms with van der Waals surface area (Å²) in [5.74, 6) is 1.72. The number of ether oxygens (including phenoxy) is 1. The molecule has 2 saturated carbocycles. The Bertz CT molecular complexity index is 223. The van der Waals surface area contributed by atoms with E-state index in [0.29, 0.717) is 0 Å². The maximum Gasteiger partial charge on any atom is 0.302 e. The van der Waals surface area contributed by atoms with Gasteiger partial charge in [0.15, 0.2) is 0 Å². The van der Waals surface area contributed by atoms with E-state index in [-0.39, 0.29) is 12.1 Å². The first-order valence-electron chi connectivity index (χ1n) is 7.75. The van der Waals surface area contributed by atoms with Crippen molar-refractivity contribution in [1.29, 1.82) is 0 Å². The molecule has 0 heterocycles. The molecule has 0 aliphatic heterocycles. The Hall–Kier alpha value is -0.530. The van der Waals surface area contributed by atoms with Crippen LogP contribution < -0.4 is 0 Å². The molecular weight excluding hydrogens is 224 g/mol. The van der Waals surface area contributed by atoms with Crippen molar-refractivity contribution in [2.75, 3.05) is 0 Å². The van der Waals surface area contributed by atoms with Crippen LogP contribution in [0.3, 0.4) is 0 Å². The molecule has 0 aromatic carbocycles. The van der Waals surface area contributed by atoms with Gasteiger partial charge in [-0.05, 0) is 37.5 Å². The van der Waals surface area contributed by atoms with Gasteiger partial charge in [0.1, 0.15) is 6.10 Å². The summed E-state index contributed by atoms with van der Waals surface area (Å²) < 4.78 is 5.10. The van der Waals surface area contributed by atoms with Crippen LogP contribution in [0, 0.1) is 11.8 Å². The Morgan fingerprint density at radius 1 is 0.833 bits per heavy atom. The van der Waals surface area contributed by atoms with Gasteiger partial charge in [-0.25, -0.2) is 0 Å². The normalized spacial score (nSPS) is 29.1. The minimum absolute atomic E-state index is 0.135. The van der Waals surface area contributed by atoms with E-state index in [1.54, 1.807) is 0 Å². The van der Waals surface area contributed by atoms with Crippen LogP contribution in [0.15, 0.2) is 0 Å². The predicted octanol–water partition coefficient (Wildman–Crippen LogP) is 4.71. The van der Waals surface area contributed by atoms with E-state index >= 15 is 0 Å². The number of carbonyl (C=O) groups excluding carboxylic acids is 1. The summed E-state index contributed by atoms with van der Waals surface area (Å²) in [5, 5.41) is 0. The molecule has 0 amide bonds. The Labute approximate surface area is 112 Å². The maximum absolute atomic E-state index is 10.6. The van der Waals surface area contributed by atoms with E-state index in [2.05, 4.69) is 13.8 Å². The van der Waals surface area contributed by atoms with Crippen LogP contribution in [0.25, 0.3) is 0 Å². The molecule has 0 atom stereocenters. The van der Waals surface area contributed by atoms with Crippen molar-refractivity contribution in [2.45, 2.75) is 84.7 Å². The first-order valence-corrected chi connectivity index (χ1v) is 7.75. The number of rotatable bonds is 1. The van der Waals surface area contributed by atoms with E-state index in [0.717, 1.165) is 24.7 Å². The lowest BCUT2D eigenvalue weighted by atomic mass is 9.89. The molecule has 0 aromatic heterocycles. The van der Waals surface area contributed by atoms with Crippen molar-refractivity contribution in [2.24, 2.45) is 11.8 Å². The summed E-state index contributed by atoms with van der Waals surface area (Å²) in [6.07, 6.45) is 12.2. The molecule has 2 aliphatic rings. The molecule has 2 aliphatic carbocycles. The largest absolute Gasteiger partial charge is 0.463 e. The van der Waals surface area contributed by atoms with Gasteiger partial charge in [0.25, 0.3) is 0 Å². The van der Waals surface area contributed by atoms with Gasteiger partial charge >= 0.3 is 5.97 Å². The molecule has 2 rings (SSSR count). The second-order valence-corrected chi connectivity index (χ2v) is 6.23. The first-order chi connectivity index (χ1) is 8.58.